The fourth-order valence-corrected chi connectivity index (χ4v) is 2.16. The van der Waals surface area contributed by atoms with Crippen molar-refractivity contribution in [1.82, 2.24) is 4.90 Å². The van der Waals surface area contributed by atoms with Crippen LogP contribution < -0.4 is 5.73 Å². The van der Waals surface area contributed by atoms with E-state index in [0.717, 1.165) is 12.0 Å². The van der Waals surface area contributed by atoms with Crippen molar-refractivity contribution in [1.29, 1.82) is 0 Å². The first-order chi connectivity index (χ1) is 8.54. The highest BCUT2D eigenvalue weighted by Gasteiger charge is 2.33. The highest BCUT2D eigenvalue weighted by Crippen LogP contribution is 2.28. The molecular formula is C13H16FN3O. The molecule has 0 radical (unpaired) electrons. The maximum Gasteiger partial charge on any atom is 0.346 e. The van der Waals surface area contributed by atoms with Crippen molar-refractivity contribution in [3.63, 3.8) is 0 Å². The van der Waals surface area contributed by atoms with Crippen LogP contribution in [-0.2, 0) is 0 Å². The molecule has 5 heteroatoms. The van der Waals surface area contributed by atoms with E-state index >= 15 is 0 Å². The number of rotatable bonds is 3. The summed E-state index contributed by atoms with van der Waals surface area (Å²) in [6.45, 7) is 4.26. The number of nitrogens with two attached hydrogens (primary N) is 1. The minimum absolute atomic E-state index is 0.263. The first-order valence-electron chi connectivity index (χ1n) is 5.95. The number of nitrogens with zero attached hydrogens (tertiary/aromatic N) is 2. The summed E-state index contributed by atoms with van der Waals surface area (Å²) in [5, 5.41) is 0. The molecule has 4 nitrogen and oxygen atoms in total. The number of hydrogen-bond donors (Lipinski definition) is 1. The summed E-state index contributed by atoms with van der Waals surface area (Å²) in [6, 6.07) is 4.07. The minimum Gasteiger partial charge on any atom is -0.385 e. The molecule has 1 aliphatic rings. The number of carbonyl (C=O) groups is 1. The number of benzene rings is 1. The quantitative estimate of drug-likeness (QED) is 0.894. The maximum absolute atomic E-state index is 13.3. The van der Waals surface area contributed by atoms with Gasteiger partial charge in [0.05, 0.1) is 0 Å². The van der Waals surface area contributed by atoms with Crippen LogP contribution in [0.4, 0.5) is 9.18 Å². The van der Waals surface area contributed by atoms with E-state index < -0.39 is 0 Å². The number of aliphatic imine (C=N–C) groups is 1. The number of hydrogen-bond acceptors (Lipinski definition) is 2. The van der Waals surface area contributed by atoms with Crippen LogP contribution in [-0.4, -0.2) is 23.3 Å². The summed E-state index contributed by atoms with van der Waals surface area (Å²) in [5.74, 6) is 0.0140. The Balaban J connectivity index is 2.37. The van der Waals surface area contributed by atoms with Crippen LogP contribution in [0, 0.1) is 12.7 Å². The second kappa shape index (κ2) is 4.76. The zero-order valence-electron chi connectivity index (χ0n) is 10.5. The van der Waals surface area contributed by atoms with Gasteiger partial charge in [0, 0.05) is 6.54 Å². The van der Waals surface area contributed by atoms with Gasteiger partial charge in [0.1, 0.15) is 17.7 Å². The Kier molecular flexibility index (Phi) is 3.32. The summed E-state index contributed by atoms with van der Waals surface area (Å²) in [4.78, 5) is 17.1. The van der Waals surface area contributed by atoms with Crippen LogP contribution in [0.15, 0.2) is 23.2 Å². The average molecular weight is 249 g/mol. The van der Waals surface area contributed by atoms with Crippen molar-refractivity contribution in [2.24, 2.45) is 10.7 Å². The predicted octanol–water partition coefficient (Wildman–Crippen LogP) is 2.38. The van der Waals surface area contributed by atoms with E-state index in [0.29, 0.717) is 12.1 Å². The third kappa shape index (κ3) is 2.08. The number of urea groups is 1. The van der Waals surface area contributed by atoms with Gasteiger partial charge in [-0.15, -0.1) is 0 Å². The Hall–Kier alpha value is -1.91. The second-order valence-electron chi connectivity index (χ2n) is 4.42. The van der Waals surface area contributed by atoms with Gasteiger partial charge >= 0.3 is 6.03 Å². The number of halogens is 1. The molecule has 2 amide bonds. The van der Waals surface area contributed by atoms with Gasteiger partial charge in [0.2, 0.25) is 0 Å². The zero-order chi connectivity index (χ0) is 13.3. The van der Waals surface area contributed by atoms with Crippen molar-refractivity contribution < 1.29 is 9.18 Å². The number of amides is 2. The second-order valence-corrected chi connectivity index (χ2v) is 4.42. The molecule has 18 heavy (non-hydrogen) atoms. The molecule has 1 heterocycles. The Labute approximate surface area is 105 Å². The lowest BCUT2D eigenvalue weighted by Crippen LogP contribution is -2.34. The molecular weight excluding hydrogens is 233 g/mol. The summed E-state index contributed by atoms with van der Waals surface area (Å²) < 4.78 is 13.3. The van der Waals surface area contributed by atoms with Gasteiger partial charge in [-0.05, 0) is 30.5 Å². The third-order valence-electron chi connectivity index (χ3n) is 3.02. The van der Waals surface area contributed by atoms with Gasteiger partial charge in [-0.25, -0.2) is 9.18 Å². The van der Waals surface area contributed by atoms with Crippen LogP contribution >= 0.6 is 0 Å². The van der Waals surface area contributed by atoms with E-state index in [9.17, 15) is 9.18 Å². The summed E-state index contributed by atoms with van der Waals surface area (Å²) in [7, 11) is 0. The van der Waals surface area contributed by atoms with Crippen LogP contribution in [0.2, 0.25) is 0 Å². The fraction of sp³-hybridized carbons (Fsp3) is 0.385. The van der Waals surface area contributed by atoms with Crippen LogP contribution in [0.25, 0.3) is 0 Å². The van der Waals surface area contributed by atoms with Crippen LogP contribution in [0.3, 0.4) is 0 Å². The monoisotopic (exact) mass is 249 g/mol. The average Bonchev–Trinajstić information content (AvgIpc) is 2.59. The molecule has 96 valence electrons. The molecule has 2 rings (SSSR count). The molecule has 2 N–H and O–H groups in total. The third-order valence-corrected chi connectivity index (χ3v) is 3.02. The van der Waals surface area contributed by atoms with E-state index in [2.05, 4.69) is 4.99 Å². The highest BCUT2D eigenvalue weighted by molar-refractivity contribution is 6.03. The van der Waals surface area contributed by atoms with Gasteiger partial charge in [0.15, 0.2) is 0 Å². The smallest absolute Gasteiger partial charge is 0.346 e. The molecule has 0 bridgehead atoms. The molecule has 0 saturated heterocycles. The SMILES string of the molecule is CCCN1C(=O)N=C(N)C1c1ccc(F)c(C)c1. The topological polar surface area (TPSA) is 58.7 Å². The highest BCUT2D eigenvalue weighted by atomic mass is 19.1. The zero-order valence-corrected chi connectivity index (χ0v) is 10.5. The molecule has 0 spiro atoms. The molecule has 0 aliphatic carbocycles. The van der Waals surface area contributed by atoms with Crippen LogP contribution in [0.1, 0.15) is 30.5 Å². The van der Waals surface area contributed by atoms with E-state index in [4.69, 9.17) is 5.73 Å². The van der Waals surface area contributed by atoms with Crippen molar-refractivity contribution in [3.8, 4) is 0 Å². The molecule has 0 saturated carbocycles. The maximum atomic E-state index is 13.3. The van der Waals surface area contributed by atoms with E-state index in [1.807, 2.05) is 6.92 Å². The van der Waals surface area contributed by atoms with Crippen LogP contribution in [0.5, 0.6) is 0 Å². The molecule has 1 atom stereocenters. The van der Waals surface area contributed by atoms with E-state index in [-0.39, 0.29) is 23.7 Å². The minimum atomic E-state index is -0.364. The van der Waals surface area contributed by atoms with Crippen molar-refractivity contribution in [2.75, 3.05) is 6.54 Å². The standard InChI is InChI=1S/C13H16FN3O/c1-3-6-17-11(12(15)16-13(17)18)9-4-5-10(14)8(2)7-9/h4-5,7,11H,3,6H2,1-2H3,(H2,15,16,18). The number of aryl methyl sites for hydroxylation is 1. The van der Waals surface area contributed by atoms with Gasteiger partial charge < -0.3 is 10.6 Å². The van der Waals surface area contributed by atoms with Gasteiger partial charge in [0.25, 0.3) is 0 Å². The van der Waals surface area contributed by atoms with Gasteiger partial charge in [-0.3, -0.25) is 0 Å². The van der Waals surface area contributed by atoms with Gasteiger partial charge in [-0.2, -0.15) is 4.99 Å². The number of amidine groups is 1. The lowest BCUT2D eigenvalue weighted by molar-refractivity contribution is 0.206. The molecule has 1 aromatic rings. The lowest BCUT2D eigenvalue weighted by Gasteiger charge is -2.24. The fourth-order valence-electron chi connectivity index (χ4n) is 2.16. The molecule has 0 aromatic heterocycles. The van der Waals surface area contributed by atoms with Crippen molar-refractivity contribution in [2.45, 2.75) is 26.3 Å². The molecule has 1 aromatic carbocycles. The van der Waals surface area contributed by atoms with Crippen molar-refractivity contribution in [3.05, 3.63) is 35.1 Å². The summed E-state index contributed by atoms with van der Waals surface area (Å²) in [6.07, 6.45) is 0.825. The first kappa shape index (κ1) is 12.5. The summed E-state index contributed by atoms with van der Waals surface area (Å²) in [5.41, 5.74) is 7.14. The van der Waals surface area contributed by atoms with Gasteiger partial charge in [-0.1, -0.05) is 19.1 Å². The Morgan fingerprint density at radius 2 is 2.22 bits per heavy atom. The normalized spacial score (nSPS) is 19.3. The Bertz CT molecular complexity index is 513. The largest absolute Gasteiger partial charge is 0.385 e. The molecule has 1 unspecified atom stereocenters. The predicted molar refractivity (Wildman–Crippen MR) is 67.9 cm³/mol. The molecule has 0 fully saturated rings. The lowest BCUT2D eigenvalue weighted by atomic mass is 10.0. The Morgan fingerprint density at radius 1 is 1.50 bits per heavy atom. The Morgan fingerprint density at radius 3 is 2.83 bits per heavy atom. The summed E-state index contributed by atoms with van der Waals surface area (Å²) >= 11 is 0. The van der Waals surface area contributed by atoms with E-state index in [1.165, 1.54) is 6.07 Å². The molecule has 1 aliphatic heterocycles. The van der Waals surface area contributed by atoms with E-state index in [1.54, 1.807) is 24.0 Å². The van der Waals surface area contributed by atoms with Crippen molar-refractivity contribution >= 4 is 11.9 Å². The number of carbonyl (C=O) groups excluding carboxylic acids is 1. The first-order valence-corrected chi connectivity index (χ1v) is 5.95.